The molecule has 1 heterocycles. The smallest absolute Gasteiger partial charge is 0.270 e. The minimum atomic E-state index is -0.532. The molecule has 4 nitrogen and oxygen atoms in total. The Morgan fingerprint density at radius 3 is 2.52 bits per heavy atom. The average molecular weight is 288 g/mol. The van der Waals surface area contributed by atoms with Gasteiger partial charge in [0, 0.05) is 30.0 Å². The van der Waals surface area contributed by atoms with E-state index >= 15 is 0 Å². The largest absolute Gasteiger partial charge is 0.392 e. The van der Waals surface area contributed by atoms with Crippen molar-refractivity contribution in [3.05, 3.63) is 36.0 Å². The van der Waals surface area contributed by atoms with Gasteiger partial charge in [-0.15, -0.1) is 0 Å². The van der Waals surface area contributed by atoms with Crippen LogP contribution in [0, 0.1) is 0 Å². The Kier molecular flexibility index (Phi) is 4.68. The molecule has 0 radical (unpaired) electrons. The molecule has 1 amide bonds. The van der Waals surface area contributed by atoms with Gasteiger partial charge in [-0.25, -0.2) is 0 Å². The first kappa shape index (κ1) is 15.6. The molecule has 1 atom stereocenters. The second-order valence-corrected chi connectivity index (χ2v) is 5.73. The molecule has 2 rings (SSSR count). The van der Waals surface area contributed by atoms with E-state index in [0.717, 1.165) is 17.4 Å². The molecule has 0 fully saturated rings. The highest BCUT2D eigenvalue weighted by molar-refractivity contribution is 5.99. The fourth-order valence-electron chi connectivity index (χ4n) is 2.69. The van der Waals surface area contributed by atoms with Crippen molar-refractivity contribution in [3.63, 3.8) is 0 Å². The first-order valence-corrected chi connectivity index (χ1v) is 7.53. The molecule has 1 aromatic carbocycles. The number of amides is 1. The third kappa shape index (κ3) is 3.10. The SMILES string of the molecule is CCn1c(C(=O)N(CC(C)O)C(C)C)cc2ccccc21. The van der Waals surface area contributed by atoms with E-state index in [2.05, 4.69) is 0 Å². The van der Waals surface area contributed by atoms with Crippen molar-refractivity contribution in [2.75, 3.05) is 6.54 Å². The van der Waals surface area contributed by atoms with E-state index < -0.39 is 6.10 Å². The number of benzene rings is 1. The molecule has 1 unspecified atom stereocenters. The minimum Gasteiger partial charge on any atom is -0.392 e. The normalized spacial score (nSPS) is 12.9. The van der Waals surface area contributed by atoms with Gasteiger partial charge in [0.1, 0.15) is 5.69 Å². The summed E-state index contributed by atoms with van der Waals surface area (Å²) >= 11 is 0. The van der Waals surface area contributed by atoms with Gasteiger partial charge in [-0.05, 0) is 39.8 Å². The van der Waals surface area contributed by atoms with Crippen molar-refractivity contribution in [1.82, 2.24) is 9.47 Å². The van der Waals surface area contributed by atoms with Gasteiger partial charge < -0.3 is 14.6 Å². The number of rotatable bonds is 5. The maximum absolute atomic E-state index is 12.9. The number of para-hydroxylation sites is 1. The Hall–Kier alpha value is -1.81. The quantitative estimate of drug-likeness (QED) is 0.919. The summed E-state index contributed by atoms with van der Waals surface area (Å²) in [5.41, 5.74) is 1.76. The van der Waals surface area contributed by atoms with Gasteiger partial charge in [0.15, 0.2) is 0 Å². The Labute approximate surface area is 126 Å². The maximum atomic E-state index is 12.9. The zero-order chi connectivity index (χ0) is 15.6. The van der Waals surface area contributed by atoms with Gasteiger partial charge in [-0.2, -0.15) is 0 Å². The van der Waals surface area contributed by atoms with Gasteiger partial charge in [-0.3, -0.25) is 4.79 Å². The van der Waals surface area contributed by atoms with E-state index in [4.69, 9.17) is 0 Å². The number of hydrogen-bond donors (Lipinski definition) is 1. The van der Waals surface area contributed by atoms with E-state index in [1.54, 1.807) is 11.8 Å². The lowest BCUT2D eigenvalue weighted by atomic mass is 10.2. The van der Waals surface area contributed by atoms with Gasteiger partial charge in [0.05, 0.1) is 6.10 Å². The lowest BCUT2D eigenvalue weighted by Crippen LogP contribution is -2.42. The molecule has 1 N–H and O–H groups in total. The molecule has 0 saturated heterocycles. The second kappa shape index (κ2) is 6.31. The number of aromatic nitrogens is 1. The van der Waals surface area contributed by atoms with Crippen LogP contribution in [0.4, 0.5) is 0 Å². The van der Waals surface area contributed by atoms with Crippen LogP contribution >= 0.6 is 0 Å². The molecule has 21 heavy (non-hydrogen) atoms. The Balaban J connectivity index is 2.46. The van der Waals surface area contributed by atoms with Crippen molar-refractivity contribution in [3.8, 4) is 0 Å². The number of aliphatic hydroxyl groups is 1. The van der Waals surface area contributed by atoms with Gasteiger partial charge in [0.2, 0.25) is 0 Å². The van der Waals surface area contributed by atoms with Crippen LogP contribution in [0.1, 0.15) is 38.2 Å². The van der Waals surface area contributed by atoms with E-state index in [1.165, 1.54) is 0 Å². The number of carbonyl (C=O) groups excluding carboxylic acids is 1. The molecule has 0 bridgehead atoms. The lowest BCUT2D eigenvalue weighted by molar-refractivity contribution is 0.0569. The summed E-state index contributed by atoms with van der Waals surface area (Å²) < 4.78 is 2.04. The van der Waals surface area contributed by atoms with Crippen molar-refractivity contribution in [1.29, 1.82) is 0 Å². The molecule has 114 valence electrons. The first-order valence-electron chi connectivity index (χ1n) is 7.53. The molecular weight excluding hydrogens is 264 g/mol. The van der Waals surface area contributed by atoms with E-state index in [0.29, 0.717) is 12.2 Å². The van der Waals surface area contributed by atoms with Crippen LogP contribution in [-0.2, 0) is 6.54 Å². The second-order valence-electron chi connectivity index (χ2n) is 5.73. The molecule has 0 aliphatic carbocycles. The molecule has 0 saturated carbocycles. The number of aliphatic hydroxyl groups excluding tert-OH is 1. The highest BCUT2D eigenvalue weighted by atomic mass is 16.3. The molecular formula is C17H24N2O2. The Morgan fingerprint density at radius 2 is 1.95 bits per heavy atom. The van der Waals surface area contributed by atoms with Crippen molar-refractivity contribution in [2.24, 2.45) is 0 Å². The van der Waals surface area contributed by atoms with Crippen molar-refractivity contribution in [2.45, 2.75) is 46.4 Å². The average Bonchev–Trinajstić information content (AvgIpc) is 2.82. The zero-order valence-corrected chi connectivity index (χ0v) is 13.2. The third-order valence-electron chi connectivity index (χ3n) is 3.69. The van der Waals surface area contributed by atoms with E-state index in [9.17, 15) is 9.90 Å². The fourth-order valence-corrected chi connectivity index (χ4v) is 2.69. The van der Waals surface area contributed by atoms with Crippen LogP contribution < -0.4 is 0 Å². The zero-order valence-electron chi connectivity index (χ0n) is 13.2. The number of fused-ring (bicyclic) bond motifs is 1. The van der Waals surface area contributed by atoms with Crippen LogP contribution in [0.5, 0.6) is 0 Å². The third-order valence-corrected chi connectivity index (χ3v) is 3.69. The molecule has 2 aromatic rings. The monoisotopic (exact) mass is 288 g/mol. The standard InChI is InChI=1S/C17H24N2O2/c1-5-18-15-9-7-6-8-14(15)10-16(18)17(21)19(12(2)3)11-13(4)20/h6-10,12-13,20H,5,11H2,1-4H3. The molecule has 0 aliphatic rings. The Bertz CT molecular complexity index is 629. The topological polar surface area (TPSA) is 45.5 Å². The number of aryl methyl sites for hydroxylation is 1. The highest BCUT2D eigenvalue weighted by Crippen LogP contribution is 2.21. The number of carbonyl (C=O) groups is 1. The summed E-state index contributed by atoms with van der Waals surface area (Å²) in [6, 6.07) is 10.0. The lowest BCUT2D eigenvalue weighted by Gasteiger charge is -2.28. The number of nitrogens with zero attached hydrogens (tertiary/aromatic N) is 2. The summed E-state index contributed by atoms with van der Waals surface area (Å²) in [5, 5.41) is 10.7. The van der Waals surface area contributed by atoms with Gasteiger partial charge in [-0.1, -0.05) is 18.2 Å². The van der Waals surface area contributed by atoms with E-state index in [-0.39, 0.29) is 11.9 Å². The first-order chi connectivity index (χ1) is 9.95. The molecule has 0 aliphatic heterocycles. The van der Waals surface area contributed by atoms with Crippen molar-refractivity contribution >= 4 is 16.8 Å². The summed E-state index contributed by atoms with van der Waals surface area (Å²) in [7, 11) is 0. The predicted octanol–water partition coefficient (Wildman–Crippen LogP) is 2.89. The van der Waals surface area contributed by atoms with Crippen LogP contribution in [-0.4, -0.2) is 39.2 Å². The van der Waals surface area contributed by atoms with Crippen LogP contribution in [0.25, 0.3) is 10.9 Å². The highest BCUT2D eigenvalue weighted by Gasteiger charge is 2.23. The summed E-state index contributed by atoms with van der Waals surface area (Å²) in [4.78, 5) is 14.6. The van der Waals surface area contributed by atoms with Crippen LogP contribution in [0.15, 0.2) is 30.3 Å². The number of hydrogen-bond acceptors (Lipinski definition) is 2. The molecule has 0 spiro atoms. The van der Waals surface area contributed by atoms with Crippen molar-refractivity contribution < 1.29 is 9.90 Å². The summed E-state index contributed by atoms with van der Waals surface area (Å²) in [6.07, 6.45) is -0.532. The molecule has 4 heteroatoms. The van der Waals surface area contributed by atoms with Crippen LogP contribution in [0.3, 0.4) is 0 Å². The van der Waals surface area contributed by atoms with Crippen LogP contribution in [0.2, 0.25) is 0 Å². The van der Waals surface area contributed by atoms with E-state index in [1.807, 2.05) is 55.7 Å². The summed E-state index contributed by atoms with van der Waals surface area (Å²) in [5.74, 6) is -0.0241. The Morgan fingerprint density at radius 1 is 1.29 bits per heavy atom. The minimum absolute atomic E-state index is 0.0241. The maximum Gasteiger partial charge on any atom is 0.270 e. The van der Waals surface area contributed by atoms with Gasteiger partial charge in [0.25, 0.3) is 5.91 Å². The summed E-state index contributed by atoms with van der Waals surface area (Å²) in [6.45, 7) is 8.78. The van der Waals surface area contributed by atoms with Gasteiger partial charge >= 0.3 is 0 Å². The predicted molar refractivity (Wildman–Crippen MR) is 85.5 cm³/mol. The molecule has 1 aromatic heterocycles. The fraction of sp³-hybridized carbons (Fsp3) is 0.471.